The molecule has 0 aliphatic heterocycles. The van der Waals surface area contributed by atoms with E-state index in [1.54, 1.807) is 12.4 Å². The van der Waals surface area contributed by atoms with Crippen molar-refractivity contribution >= 4 is 23.3 Å². The molecule has 3 N–H and O–H groups in total. The van der Waals surface area contributed by atoms with Gasteiger partial charge in [-0.25, -0.2) is 0 Å². The van der Waals surface area contributed by atoms with Crippen molar-refractivity contribution < 1.29 is 9.59 Å². The summed E-state index contributed by atoms with van der Waals surface area (Å²) >= 11 is 6.06. The summed E-state index contributed by atoms with van der Waals surface area (Å²) in [6, 6.07) is 11.4. The second-order valence-corrected chi connectivity index (χ2v) is 12.3. The Kier molecular flexibility index (Phi) is 5.76. The molecule has 7 rings (SSSR count). The van der Waals surface area contributed by atoms with Crippen LogP contribution in [0.2, 0.25) is 5.02 Å². The summed E-state index contributed by atoms with van der Waals surface area (Å²) in [5.41, 5.74) is 8.75. The molecule has 3 atom stereocenters. The first kappa shape index (κ1) is 23.2. The lowest BCUT2D eigenvalue weighted by molar-refractivity contribution is -0.153. The molecule has 1 heterocycles. The Labute approximate surface area is 212 Å². The lowest BCUT2D eigenvalue weighted by Gasteiger charge is -2.60. The third kappa shape index (κ3) is 4.21. The van der Waals surface area contributed by atoms with Crippen molar-refractivity contribution in [3.63, 3.8) is 0 Å². The van der Waals surface area contributed by atoms with Gasteiger partial charge in [0.25, 0.3) is 0 Å². The fraction of sp³-hybridized carbons (Fsp3) is 0.552. The third-order valence-corrected chi connectivity index (χ3v) is 9.93. The Bertz CT molecular complexity index is 1100. The molecule has 4 bridgehead atoms. The SMILES string of the molecule is NC(C(=O)NCC1(c2ccc(Cl)cc2)CC1)C1C2CC3CC1CC(C(=O)Cc1ccncc1)(C3)C2. The van der Waals surface area contributed by atoms with E-state index in [0.29, 0.717) is 36.5 Å². The number of aromatic nitrogens is 1. The Morgan fingerprint density at radius 1 is 1.03 bits per heavy atom. The van der Waals surface area contributed by atoms with Crippen molar-refractivity contribution in [3.05, 3.63) is 64.9 Å². The van der Waals surface area contributed by atoms with Crippen LogP contribution in [0.3, 0.4) is 0 Å². The van der Waals surface area contributed by atoms with Gasteiger partial charge in [-0.3, -0.25) is 14.6 Å². The number of rotatable bonds is 8. The largest absolute Gasteiger partial charge is 0.354 e. The number of nitrogens with one attached hydrogen (secondary N) is 1. The van der Waals surface area contributed by atoms with Gasteiger partial charge in [-0.1, -0.05) is 23.7 Å². The highest BCUT2D eigenvalue weighted by molar-refractivity contribution is 6.30. The summed E-state index contributed by atoms with van der Waals surface area (Å²) in [6.07, 6.45) is 11.2. The summed E-state index contributed by atoms with van der Waals surface area (Å²) in [6.45, 7) is 0.625. The molecule has 0 radical (unpaired) electrons. The number of halogens is 1. The van der Waals surface area contributed by atoms with Gasteiger partial charge in [0.1, 0.15) is 5.78 Å². The van der Waals surface area contributed by atoms with Gasteiger partial charge in [-0.15, -0.1) is 0 Å². The number of pyridine rings is 1. The molecule has 2 aromatic rings. The minimum Gasteiger partial charge on any atom is -0.354 e. The van der Waals surface area contributed by atoms with Crippen molar-refractivity contribution in [1.29, 1.82) is 0 Å². The zero-order valence-corrected chi connectivity index (χ0v) is 20.8. The molecule has 1 amide bonds. The molecule has 5 saturated carbocycles. The van der Waals surface area contributed by atoms with Gasteiger partial charge in [-0.05, 0) is 104 Å². The number of hydrogen-bond donors (Lipinski definition) is 2. The van der Waals surface area contributed by atoms with Crippen LogP contribution in [0, 0.1) is 29.1 Å². The minimum atomic E-state index is -0.502. The number of ketones is 1. The molecule has 1 aromatic heterocycles. The topological polar surface area (TPSA) is 85.1 Å². The second-order valence-electron chi connectivity index (χ2n) is 11.8. The van der Waals surface area contributed by atoms with Crippen LogP contribution in [0.1, 0.15) is 56.1 Å². The molecule has 6 heteroatoms. The number of nitrogens with two attached hydrogens (primary N) is 1. The van der Waals surface area contributed by atoms with E-state index in [9.17, 15) is 9.59 Å². The van der Waals surface area contributed by atoms with Gasteiger partial charge >= 0.3 is 0 Å². The van der Waals surface area contributed by atoms with E-state index in [0.717, 1.165) is 55.5 Å². The van der Waals surface area contributed by atoms with E-state index in [1.165, 1.54) is 5.56 Å². The molecule has 5 nitrogen and oxygen atoms in total. The summed E-state index contributed by atoms with van der Waals surface area (Å²) in [5, 5.41) is 3.93. The molecule has 0 saturated heterocycles. The minimum absolute atomic E-state index is 0.0213. The number of hydrogen-bond acceptors (Lipinski definition) is 4. The third-order valence-electron chi connectivity index (χ3n) is 9.68. The van der Waals surface area contributed by atoms with E-state index in [1.807, 2.05) is 24.3 Å². The fourth-order valence-corrected chi connectivity index (χ4v) is 8.06. The van der Waals surface area contributed by atoms with Gasteiger partial charge in [0.05, 0.1) is 6.04 Å². The smallest absolute Gasteiger partial charge is 0.237 e. The molecule has 3 unspecified atom stereocenters. The lowest BCUT2D eigenvalue weighted by atomic mass is 9.44. The van der Waals surface area contributed by atoms with Gasteiger partial charge in [0, 0.05) is 41.2 Å². The number of nitrogens with zero attached hydrogens (tertiary/aromatic N) is 1. The van der Waals surface area contributed by atoms with Crippen LogP contribution in [-0.2, 0) is 21.4 Å². The standard InChI is InChI=1S/C29H34ClN3O2/c30-23-3-1-22(2-4-23)28(7-8-28)17-33-27(35)26(31)25-20-11-19-12-21(25)16-29(14-19,15-20)24(34)13-18-5-9-32-10-6-18/h1-6,9-10,19-21,25-26H,7-8,11-17,31H2,(H,33,35). The highest BCUT2D eigenvalue weighted by atomic mass is 35.5. The number of Topliss-reactive ketones (excluding diaryl/α,β-unsaturated/α-hetero) is 1. The van der Waals surface area contributed by atoms with Crippen LogP contribution >= 0.6 is 11.6 Å². The monoisotopic (exact) mass is 491 g/mol. The number of benzene rings is 1. The average molecular weight is 492 g/mol. The molecule has 5 aliphatic carbocycles. The summed E-state index contributed by atoms with van der Waals surface area (Å²) in [4.78, 5) is 30.8. The molecule has 5 aliphatic rings. The van der Waals surface area contributed by atoms with E-state index < -0.39 is 6.04 Å². The van der Waals surface area contributed by atoms with Crippen LogP contribution in [0.25, 0.3) is 0 Å². The van der Waals surface area contributed by atoms with Crippen LogP contribution in [0.5, 0.6) is 0 Å². The van der Waals surface area contributed by atoms with Crippen molar-refractivity contribution in [2.24, 2.45) is 34.8 Å². The van der Waals surface area contributed by atoms with E-state index in [-0.39, 0.29) is 22.7 Å². The summed E-state index contributed by atoms with van der Waals surface area (Å²) in [5.74, 6) is 1.86. The Morgan fingerprint density at radius 3 is 2.31 bits per heavy atom. The number of amides is 1. The van der Waals surface area contributed by atoms with Crippen molar-refractivity contribution in [3.8, 4) is 0 Å². The highest BCUT2D eigenvalue weighted by Gasteiger charge is 2.59. The van der Waals surface area contributed by atoms with Crippen molar-refractivity contribution in [1.82, 2.24) is 10.3 Å². The van der Waals surface area contributed by atoms with Gasteiger partial charge in [0.15, 0.2) is 0 Å². The van der Waals surface area contributed by atoms with Crippen LogP contribution in [0.15, 0.2) is 48.8 Å². The first-order valence-electron chi connectivity index (χ1n) is 13.1. The molecule has 35 heavy (non-hydrogen) atoms. The number of carbonyl (C=O) groups is 2. The maximum absolute atomic E-state index is 13.5. The normalized spacial score (nSPS) is 32.7. The maximum Gasteiger partial charge on any atom is 0.237 e. The Hall–Kier alpha value is -2.24. The van der Waals surface area contributed by atoms with Crippen LogP contribution in [-0.4, -0.2) is 29.3 Å². The maximum atomic E-state index is 13.5. The second kappa shape index (κ2) is 8.70. The lowest BCUT2D eigenvalue weighted by Crippen LogP contribution is -2.61. The first-order chi connectivity index (χ1) is 16.9. The summed E-state index contributed by atoms with van der Waals surface area (Å²) in [7, 11) is 0. The van der Waals surface area contributed by atoms with Crippen LogP contribution in [0.4, 0.5) is 0 Å². The fourth-order valence-electron chi connectivity index (χ4n) is 7.94. The molecular weight excluding hydrogens is 458 g/mol. The van der Waals surface area contributed by atoms with E-state index >= 15 is 0 Å². The van der Waals surface area contributed by atoms with Crippen LogP contribution < -0.4 is 11.1 Å². The van der Waals surface area contributed by atoms with Gasteiger partial charge in [-0.2, -0.15) is 0 Å². The zero-order chi connectivity index (χ0) is 24.2. The first-order valence-corrected chi connectivity index (χ1v) is 13.5. The van der Waals surface area contributed by atoms with Crippen molar-refractivity contribution in [2.75, 3.05) is 6.54 Å². The van der Waals surface area contributed by atoms with Crippen molar-refractivity contribution in [2.45, 2.75) is 62.8 Å². The highest BCUT2D eigenvalue weighted by Crippen LogP contribution is 2.63. The molecular formula is C29H34ClN3O2. The average Bonchev–Trinajstić information content (AvgIpc) is 3.64. The molecule has 1 aromatic carbocycles. The Morgan fingerprint density at radius 2 is 1.69 bits per heavy atom. The Balaban J connectivity index is 1.11. The van der Waals surface area contributed by atoms with Gasteiger partial charge < -0.3 is 11.1 Å². The molecule has 184 valence electrons. The summed E-state index contributed by atoms with van der Waals surface area (Å²) < 4.78 is 0. The zero-order valence-electron chi connectivity index (χ0n) is 20.1. The predicted molar refractivity (Wildman–Crippen MR) is 136 cm³/mol. The number of carbonyl (C=O) groups excluding carboxylic acids is 2. The predicted octanol–water partition coefficient (Wildman–Crippen LogP) is 4.46. The van der Waals surface area contributed by atoms with Gasteiger partial charge in [0.2, 0.25) is 5.91 Å². The molecule has 5 fully saturated rings. The van der Waals surface area contributed by atoms with E-state index in [2.05, 4.69) is 22.4 Å². The molecule has 0 spiro atoms. The van der Waals surface area contributed by atoms with E-state index in [4.69, 9.17) is 17.3 Å². The quantitative estimate of drug-likeness (QED) is 0.570.